The van der Waals surface area contributed by atoms with E-state index in [-0.39, 0.29) is 16.9 Å². The van der Waals surface area contributed by atoms with Crippen molar-refractivity contribution >= 4 is 22.4 Å². The van der Waals surface area contributed by atoms with Crippen LogP contribution in [0.25, 0.3) is 10.8 Å². The van der Waals surface area contributed by atoms with Gasteiger partial charge in [0.25, 0.3) is 5.56 Å². The van der Waals surface area contributed by atoms with Crippen LogP contribution in [0, 0.1) is 5.41 Å². The summed E-state index contributed by atoms with van der Waals surface area (Å²) in [5.41, 5.74) is 1.50. The number of carbonyl (C=O) groups excluding carboxylic acids is 1. The summed E-state index contributed by atoms with van der Waals surface area (Å²) >= 11 is 0. The lowest BCUT2D eigenvalue weighted by atomic mass is 9.89. The van der Waals surface area contributed by atoms with E-state index in [4.69, 9.17) is 0 Å². The predicted molar refractivity (Wildman–Crippen MR) is 89.1 cm³/mol. The molecular formula is C17H23N3O2. The van der Waals surface area contributed by atoms with E-state index in [0.717, 1.165) is 23.9 Å². The Morgan fingerprint density at radius 1 is 1.27 bits per heavy atom. The molecule has 1 heterocycles. The minimum absolute atomic E-state index is 0.0715. The molecule has 118 valence electrons. The molecule has 0 spiro atoms. The maximum atomic E-state index is 12.0. The monoisotopic (exact) mass is 301 g/mol. The minimum atomic E-state index is -0.234. The van der Waals surface area contributed by atoms with Crippen LogP contribution in [0.1, 0.15) is 46.2 Å². The number of aromatic amines is 1. The predicted octanol–water partition coefficient (Wildman–Crippen LogP) is 3.25. The number of hydrogen-bond acceptors (Lipinski definition) is 3. The van der Waals surface area contributed by atoms with Crippen molar-refractivity contribution in [2.24, 2.45) is 5.41 Å². The van der Waals surface area contributed by atoms with Crippen molar-refractivity contribution in [3.05, 3.63) is 34.2 Å². The molecule has 2 aromatic rings. The van der Waals surface area contributed by atoms with Gasteiger partial charge in [0.1, 0.15) is 0 Å². The SMILES string of the molecule is CCC(=O)Nc1ccc2c(CCC(C)(C)C)n[nH]c(=O)c2c1. The minimum Gasteiger partial charge on any atom is -0.326 e. The van der Waals surface area contributed by atoms with E-state index < -0.39 is 0 Å². The van der Waals surface area contributed by atoms with Gasteiger partial charge >= 0.3 is 0 Å². The zero-order valence-corrected chi connectivity index (χ0v) is 13.6. The van der Waals surface area contributed by atoms with Gasteiger partial charge in [-0.25, -0.2) is 5.10 Å². The molecule has 22 heavy (non-hydrogen) atoms. The Kier molecular flexibility index (Phi) is 4.64. The Morgan fingerprint density at radius 3 is 2.64 bits per heavy atom. The molecule has 2 rings (SSSR count). The number of nitrogens with zero attached hydrogens (tertiary/aromatic N) is 1. The Bertz CT molecular complexity index is 742. The highest BCUT2D eigenvalue weighted by atomic mass is 16.1. The van der Waals surface area contributed by atoms with E-state index in [1.807, 2.05) is 12.1 Å². The molecule has 0 saturated carbocycles. The molecule has 0 aliphatic carbocycles. The molecule has 1 aromatic carbocycles. The number of fused-ring (bicyclic) bond motifs is 1. The van der Waals surface area contributed by atoms with Gasteiger partial charge in [-0.3, -0.25) is 9.59 Å². The zero-order valence-electron chi connectivity index (χ0n) is 13.6. The van der Waals surface area contributed by atoms with Crippen LogP contribution in [0.2, 0.25) is 0 Å². The second kappa shape index (κ2) is 6.30. The first kappa shape index (κ1) is 16.2. The number of aromatic nitrogens is 2. The van der Waals surface area contributed by atoms with E-state index in [2.05, 4.69) is 36.3 Å². The third kappa shape index (κ3) is 3.93. The number of anilines is 1. The normalized spacial score (nSPS) is 11.6. The van der Waals surface area contributed by atoms with Gasteiger partial charge in [0, 0.05) is 17.5 Å². The fourth-order valence-corrected chi connectivity index (χ4v) is 2.23. The van der Waals surface area contributed by atoms with E-state index in [1.54, 1.807) is 13.0 Å². The number of rotatable bonds is 4. The fraction of sp³-hybridized carbons (Fsp3) is 0.471. The van der Waals surface area contributed by atoms with Crippen LogP contribution < -0.4 is 10.9 Å². The van der Waals surface area contributed by atoms with E-state index in [0.29, 0.717) is 17.5 Å². The molecule has 5 nitrogen and oxygen atoms in total. The summed E-state index contributed by atoms with van der Waals surface area (Å²) in [6.07, 6.45) is 2.19. The molecule has 0 radical (unpaired) electrons. The Balaban J connectivity index is 2.39. The van der Waals surface area contributed by atoms with Gasteiger partial charge in [0.2, 0.25) is 5.91 Å². The first-order valence-corrected chi connectivity index (χ1v) is 7.61. The van der Waals surface area contributed by atoms with Crippen molar-refractivity contribution in [2.45, 2.75) is 47.0 Å². The van der Waals surface area contributed by atoms with Crippen LogP contribution in [-0.4, -0.2) is 16.1 Å². The summed E-state index contributed by atoms with van der Waals surface area (Å²) in [4.78, 5) is 23.5. The number of aryl methyl sites for hydroxylation is 1. The quantitative estimate of drug-likeness (QED) is 0.910. The van der Waals surface area contributed by atoms with Crippen LogP contribution in [0.15, 0.2) is 23.0 Å². The van der Waals surface area contributed by atoms with Crippen molar-refractivity contribution in [3.8, 4) is 0 Å². The highest BCUT2D eigenvalue weighted by Gasteiger charge is 2.14. The van der Waals surface area contributed by atoms with Gasteiger partial charge in [0.15, 0.2) is 0 Å². The Hall–Kier alpha value is -2.17. The Morgan fingerprint density at radius 2 is 2.00 bits per heavy atom. The summed E-state index contributed by atoms with van der Waals surface area (Å²) in [6, 6.07) is 5.39. The third-order valence-electron chi connectivity index (χ3n) is 3.58. The van der Waals surface area contributed by atoms with Gasteiger partial charge in [-0.05, 0) is 30.4 Å². The van der Waals surface area contributed by atoms with Gasteiger partial charge in [-0.2, -0.15) is 5.10 Å². The zero-order chi connectivity index (χ0) is 16.3. The lowest BCUT2D eigenvalue weighted by molar-refractivity contribution is -0.115. The molecule has 5 heteroatoms. The van der Waals surface area contributed by atoms with Crippen LogP contribution in [-0.2, 0) is 11.2 Å². The second-order valence-corrected chi connectivity index (χ2v) is 6.72. The van der Waals surface area contributed by atoms with Crippen LogP contribution in [0.4, 0.5) is 5.69 Å². The second-order valence-electron chi connectivity index (χ2n) is 6.72. The molecule has 1 amide bonds. The van der Waals surface area contributed by atoms with Crippen molar-refractivity contribution in [1.29, 1.82) is 0 Å². The average Bonchev–Trinajstić information content (AvgIpc) is 2.46. The largest absolute Gasteiger partial charge is 0.326 e. The molecule has 0 unspecified atom stereocenters. The van der Waals surface area contributed by atoms with Crippen LogP contribution in [0.3, 0.4) is 0 Å². The van der Waals surface area contributed by atoms with Crippen molar-refractivity contribution in [3.63, 3.8) is 0 Å². The number of amides is 1. The van der Waals surface area contributed by atoms with E-state index in [9.17, 15) is 9.59 Å². The number of benzene rings is 1. The number of nitrogens with one attached hydrogen (secondary N) is 2. The molecule has 0 bridgehead atoms. The highest BCUT2D eigenvalue weighted by Crippen LogP contribution is 2.24. The van der Waals surface area contributed by atoms with Crippen molar-refractivity contribution in [1.82, 2.24) is 10.2 Å². The smallest absolute Gasteiger partial charge is 0.272 e. The van der Waals surface area contributed by atoms with Crippen molar-refractivity contribution < 1.29 is 4.79 Å². The topological polar surface area (TPSA) is 74.8 Å². The van der Waals surface area contributed by atoms with Crippen molar-refractivity contribution in [2.75, 3.05) is 5.32 Å². The molecule has 0 aliphatic heterocycles. The summed E-state index contributed by atoms with van der Waals surface area (Å²) in [6.45, 7) is 8.33. The lowest BCUT2D eigenvalue weighted by Crippen LogP contribution is -2.14. The van der Waals surface area contributed by atoms with Gasteiger partial charge in [-0.1, -0.05) is 33.8 Å². The fourth-order valence-electron chi connectivity index (χ4n) is 2.23. The molecule has 0 aliphatic rings. The van der Waals surface area contributed by atoms with Crippen LogP contribution >= 0.6 is 0 Å². The average molecular weight is 301 g/mol. The number of hydrogen-bond donors (Lipinski definition) is 2. The standard InChI is InChI=1S/C17H23N3O2/c1-5-15(21)18-11-6-7-12-13(10-11)16(22)20-19-14(12)8-9-17(2,3)4/h6-7,10H,5,8-9H2,1-4H3,(H,18,21)(H,20,22). The summed E-state index contributed by atoms with van der Waals surface area (Å²) in [7, 11) is 0. The summed E-state index contributed by atoms with van der Waals surface area (Å²) in [5, 5.41) is 10.9. The first-order valence-electron chi connectivity index (χ1n) is 7.61. The van der Waals surface area contributed by atoms with Crippen LogP contribution in [0.5, 0.6) is 0 Å². The highest BCUT2D eigenvalue weighted by molar-refractivity contribution is 5.94. The first-order chi connectivity index (χ1) is 10.3. The summed E-state index contributed by atoms with van der Waals surface area (Å²) < 4.78 is 0. The molecule has 0 saturated heterocycles. The molecule has 2 N–H and O–H groups in total. The summed E-state index contributed by atoms with van der Waals surface area (Å²) in [5.74, 6) is -0.0715. The van der Waals surface area contributed by atoms with Gasteiger partial charge in [0.05, 0.1) is 11.1 Å². The lowest BCUT2D eigenvalue weighted by Gasteiger charge is -2.17. The Labute approximate surface area is 130 Å². The molecule has 0 fully saturated rings. The molecule has 0 atom stereocenters. The maximum Gasteiger partial charge on any atom is 0.272 e. The third-order valence-corrected chi connectivity index (χ3v) is 3.58. The van der Waals surface area contributed by atoms with Gasteiger partial charge in [-0.15, -0.1) is 0 Å². The number of carbonyl (C=O) groups is 1. The number of H-pyrrole nitrogens is 1. The molecular weight excluding hydrogens is 278 g/mol. The van der Waals surface area contributed by atoms with Gasteiger partial charge < -0.3 is 5.32 Å². The van der Waals surface area contributed by atoms with E-state index >= 15 is 0 Å². The maximum absolute atomic E-state index is 12.0. The van der Waals surface area contributed by atoms with E-state index in [1.165, 1.54) is 0 Å². The molecule has 1 aromatic heterocycles.